The van der Waals surface area contributed by atoms with Crippen molar-refractivity contribution in [1.82, 2.24) is 14.5 Å². The minimum atomic E-state index is 0.633. The van der Waals surface area contributed by atoms with Crippen LogP contribution in [-0.4, -0.2) is 28.2 Å². The molecule has 0 saturated heterocycles. The van der Waals surface area contributed by atoms with E-state index in [1.165, 1.54) is 0 Å². The number of hydrogen-bond acceptors (Lipinski definition) is 4. The molecule has 0 saturated carbocycles. The monoisotopic (exact) mass is 356 g/mol. The molecule has 0 fully saturated rings. The summed E-state index contributed by atoms with van der Waals surface area (Å²) in [5.74, 6) is 1.62. The molecule has 0 amide bonds. The van der Waals surface area contributed by atoms with E-state index < -0.39 is 0 Å². The van der Waals surface area contributed by atoms with E-state index in [4.69, 9.17) is 4.74 Å². The molecule has 0 aliphatic carbocycles. The predicted octanol–water partition coefficient (Wildman–Crippen LogP) is 4.69. The zero-order chi connectivity index (χ0) is 18.6. The fourth-order valence-electron chi connectivity index (χ4n) is 3.14. The second-order valence-corrected chi connectivity index (χ2v) is 6.07. The number of nitrogens with zero attached hydrogens (tertiary/aromatic N) is 3. The Balaban J connectivity index is 1.96. The lowest BCUT2D eigenvalue weighted by Crippen LogP contribution is -2.02. The Bertz CT molecular complexity index is 1070. The van der Waals surface area contributed by atoms with E-state index in [1.54, 1.807) is 13.4 Å². The van der Waals surface area contributed by atoms with E-state index in [0.29, 0.717) is 6.54 Å². The fourth-order valence-corrected chi connectivity index (χ4v) is 3.14. The molecule has 134 valence electrons. The van der Waals surface area contributed by atoms with Gasteiger partial charge in [0.05, 0.1) is 12.5 Å². The predicted molar refractivity (Wildman–Crippen MR) is 110 cm³/mol. The first kappa shape index (κ1) is 16.8. The first-order valence-electron chi connectivity index (χ1n) is 8.72. The first-order valence-corrected chi connectivity index (χ1v) is 8.72. The number of anilines is 1. The van der Waals surface area contributed by atoms with Gasteiger partial charge in [-0.3, -0.25) is 0 Å². The zero-order valence-electron chi connectivity index (χ0n) is 15.1. The molecule has 0 bridgehead atoms. The molecular formula is C22H20N4O. The van der Waals surface area contributed by atoms with Crippen molar-refractivity contribution in [3.63, 3.8) is 0 Å². The highest BCUT2D eigenvalue weighted by Crippen LogP contribution is 2.35. The third kappa shape index (κ3) is 3.15. The van der Waals surface area contributed by atoms with Gasteiger partial charge in [-0.1, -0.05) is 36.4 Å². The van der Waals surface area contributed by atoms with E-state index in [9.17, 15) is 0 Å². The molecule has 2 heterocycles. The molecule has 0 unspecified atom stereocenters. The first-order chi connectivity index (χ1) is 13.3. The van der Waals surface area contributed by atoms with Crippen LogP contribution in [-0.2, 0) is 0 Å². The Labute approximate surface area is 158 Å². The third-order valence-corrected chi connectivity index (χ3v) is 4.43. The second-order valence-electron chi connectivity index (χ2n) is 6.07. The molecule has 0 aliphatic heterocycles. The van der Waals surface area contributed by atoms with Crippen molar-refractivity contribution in [2.24, 2.45) is 0 Å². The van der Waals surface area contributed by atoms with Crippen molar-refractivity contribution in [3.8, 4) is 22.6 Å². The summed E-state index contributed by atoms with van der Waals surface area (Å²) in [6.07, 6.45) is 5.51. The van der Waals surface area contributed by atoms with E-state index in [0.717, 1.165) is 39.4 Å². The van der Waals surface area contributed by atoms with Gasteiger partial charge in [-0.2, -0.15) is 0 Å². The van der Waals surface area contributed by atoms with Crippen LogP contribution in [0.4, 0.5) is 5.82 Å². The SMILES string of the molecule is C=CCNc1ncnc2c1c(-c1ccccc1)cn2-c1ccc(OC)cc1. The van der Waals surface area contributed by atoms with E-state index >= 15 is 0 Å². The van der Waals surface area contributed by atoms with Crippen LogP contribution < -0.4 is 10.1 Å². The average molecular weight is 356 g/mol. The van der Waals surface area contributed by atoms with Crippen LogP contribution in [0.15, 0.2) is 79.8 Å². The van der Waals surface area contributed by atoms with Gasteiger partial charge in [0.1, 0.15) is 17.9 Å². The molecule has 4 rings (SSSR count). The van der Waals surface area contributed by atoms with Gasteiger partial charge in [0.25, 0.3) is 0 Å². The van der Waals surface area contributed by atoms with Gasteiger partial charge in [-0.15, -0.1) is 6.58 Å². The van der Waals surface area contributed by atoms with Crippen LogP contribution in [0.3, 0.4) is 0 Å². The summed E-state index contributed by atoms with van der Waals surface area (Å²) in [6.45, 7) is 4.42. The molecule has 5 heteroatoms. The maximum atomic E-state index is 5.28. The van der Waals surface area contributed by atoms with Gasteiger partial charge < -0.3 is 14.6 Å². The van der Waals surface area contributed by atoms with Gasteiger partial charge >= 0.3 is 0 Å². The number of fused-ring (bicyclic) bond motifs is 1. The molecular weight excluding hydrogens is 336 g/mol. The Hall–Kier alpha value is -3.60. The largest absolute Gasteiger partial charge is 0.497 e. The molecule has 0 aliphatic rings. The Morgan fingerprint density at radius 2 is 1.85 bits per heavy atom. The lowest BCUT2D eigenvalue weighted by atomic mass is 10.1. The van der Waals surface area contributed by atoms with Crippen molar-refractivity contribution in [2.75, 3.05) is 19.0 Å². The summed E-state index contributed by atoms with van der Waals surface area (Å²) >= 11 is 0. The molecule has 2 aromatic carbocycles. The van der Waals surface area contributed by atoms with Crippen LogP contribution in [0, 0.1) is 0 Å². The molecule has 0 atom stereocenters. The number of methoxy groups -OCH3 is 1. The standard InChI is InChI=1S/C22H20N4O/c1-3-13-23-21-20-19(16-7-5-4-6-8-16)14-26(22(20)25-15-24-21)17-9-11-18(27-2)12-10-17/h3-12,14-15H,1,13H2,2H3,(H,23,24,25). The smallest absolute Gasteiger partial charge is 0.150 e. The number of nitrogens with one attached hydrogen (secondary N) is 1. The molecule has 0 spiro atoms. The van der Waals surface area contributed by atoms with Gasteiger partial charge in [-0.05, 0) is 29.8 Å². The Morgan fingerprint density at radius 1 is 1.07 bits per heavy atom. The topological polar surface area (TPSA) is 52.0 Å². The quantitative estimate of drug-likeness (QED) is 0.509. The molecule has 1 N–H and O–H groups in total. The highest BCUT2D eigenvalue weighted by Gasteiger charge is 2.17. The van der Waals surface area contributed by atoms with E-state index in [-0.39, 0.29) is 0 Å². The van der Waals surface area contributed by atoms with Crippen LogP contribution >= 0.6 is 0 Å². The number of aromatic nitrogens is 3. The average Bonchev–Trinajstić information content (AvgIpc) is 3.13. The van der Waals surface area contributed by atoms with E-state index in [2.05, 4.69) is 44.8 Å². The Kier molecular flexibility index (Phi) is 4.58. The van der Waals surface area contributed by atoms with Crippen molar-refractivity contribution < 1.29 is 4.74 Å². The number of ether oxygens (including phenoxy) is 1. The molecule has 0 radical (unpaired) electrons. The van der Waals surface area contributed by atoms with Gasteiger partial charge in [0, 0.05) is 24.0 Å². The maximum absolute atomic E-state index is 5.28. The summed E-state index contributed by atoms with van der Waals surface area (Å²) in [5.41, 5.74) is 4.05. The van der Waals surface area contributed by atoms with Gasteiger partial charge in [0.2, 0.25) is 0 Å². The van der Waals surface area contributed by atoms with Crippen LogP contribution in [0.5, 0.6) is 5.75 Å². The van der Waals surface area contributed by atoms with Crippen molar-refractivity contribution in [1.29, 1.82) is 0 Å². The maximum Gasteiger partial charge on any atom is 0.150 e. The lowest BCUT2D eigenvalue weighted by molar-refractivity contribution is 0.415. The van der Waals surface area contributed by atoms with Crippen molar-refractivity contribution in [3.05, 3.63) is 79.8 Å². The third-order valence-electron chi connectivity index (χ3n) is 4.43. The zero-order valence-corrected chi connectivity index (χ0v) is 15.1. The Morgan fingerprint density at radius 3 is 2.56 bits per heavy atom. The highest BCUT2D eigenvalue weighted by atomic mass is 16.5. The van der Waals surface area contributed by atoms with Crippen LogP contribution in [0.25, 0.3) is 27.8 Å². The number of benzene rings is 2. The minimum absolute atomic E-state index is 0.633. The summed E-state index contributed by atoms with van der Waals surface area (Å²) in [4.78, 5) is 9.03. The van der Waals surface area contributed by atoms with E-state index in [1.807, 2.05) is 48.5 Å². The summed E-state index contributed by atoms with van der Waals surface area (Å²) < 4.78 is 7.36. The summed E-state index contributed by atoms with van der Waals surface area (Å²) in [5, 5.41) is 4.32. The second kappa shape index (κ2) is 7.33. The summed E-state index contributed by atoms with van der Waals surface area (Å²) in [6, 6.07) is 18.2. The highest BCUT2D eigenvalue weighted by molar-refractivity contribution is 6.02. The fraction of sp³-hybridized carbons (Fsp3) is 0.0909. The van der Waals surface area contributed by atoms with Gasteiger partial charge in [0.15, 0.2) is 5.65 Å². The van der Waals surface area contributed by atoms with Crippen LogP contribution in [0.1, 0.15) is 0 Å². The normalized spacial score (nSPS) is 10.7. The lowest BCUT2D eigenvalue weighted by Gasteiger charge is -2.07. The van der Waals surface area contributed by atoms with Gasteiger partial charge in [-0.25, -0.2) is 9.97 Å². The van der Waals surface area contributed by atoms with Crippen LogP contribution in [0.2, 0.25) is 0 Å². The minimum Gasteiger partial charge on any atom is -0.497 e. The number of hydrogen-bond donors (Lipinski definition) is 1. The molecule has 5 nitrogen and oxygen atoms in total. The molecule has 27 heavy (non-hydrogen) atoms. The molecule has 2 aromatic heterocycles. The summed E-state index contributed by atoms with van der Waals surface area (Å²) in [7, 11) is 1.67. The van der Waals surface area contributed by atoms with Crippen molar-refractivity contribution in [2.45, 2.75) is 0 Å². The molecule has 4 aromatic rings. The van der Waals surface area contributed by atoms with Crippen molar-refractivity contribution >= 4 is 16.9 Å². The number of rotatable bonds is 6.